The first-order valence-electron chi connectivity index (χ1n) is 7.39. The van der Waals surface area contributed by atoms with Crippen molar-refractivity contribution in [3.8, 4) is 0 Å². The van der Waals surface area contributed by atoms with E-state index in [0.29, 0.717) is 11.8 Å². The largest absolute Gasteiger partial charge is 0.481 e. The van der Waals surface area contributed by atoms with Gasteiger partial charge in [0.05, 0.1) is 6.42 Å². The fraction of sp³-hybridized carbons (Fsp3) is 0.500. The second-order valence-electron chi connectivity index (χ2n) is 5.97. The highest BCUT2D eigenvalue weighted by molar-refractivity contribution is 5.76. The number of fused-ring (bicyclic) bond motifs is 3. The smallest absolute Gasteiger partial charge is 0.317 e. The number of hydrogen-bond donors (Lipinski definition) is 2. The first kappa shape index (κ1) is 13.9. The van der Waals surface area contributed by atoms with E-state index in [0.717, 1.165) is 12.8 Å². The Morgan fingerprint density at radius 2 is 2.14 bits per heavy atom. The number of benzene rings is 1. The number of carboxylic acids is 1. The average Bonchev–Trinajstić information content (AvgIpc) is 3.18. The van der Waals surface area contributed by atoms with Gasteiger partial charge in [0.25, 0.3) is 0 Å². The zero-order valence-electron chi connectivity index (χ0n) is 12.1. The van der Waals surface area contributed by atoms with Crippen molar-refractivity contribution in [2.45, 2.75) is 31.2 Å². The van der Waals surface area contributed by atoms with Crippen LogP contribution in [0, 0.1) is 5.92 Å². The van der Waals surface area contributed by atoms with Gasteiger partial charge >= 0.3 is 12.0 Å². The third-order valence-electron chi connectivity index (χ3n) is 4.63. The highest BCUT2D eigenvalue weighted by Gasteiger charge is 2.54. The molecule has 2 amide bonds. The lowest BCUT2D eigenvalue weighted by Gasteiger charge is -2.17. The minimum absolute atomic E-state index is 0.0235. The Labute approximate surface area is 123 Å². The van der Waals surface area contributed by atoms with Crippen molar-refractivity contribution in [2.24, 2.45) is 5.92 Å². The van der Waals surface area contributed by atoms with Gasteiger partial charge in [-0.05, 0) is 29.9 Å². The first-order valence-corrected chi connectivity index (χ1v) is 7.39. The monoisotopic (exact) mass is 288 g/mol. The molecule has 0 aromatic heterocycles. The molecule has 3 rings (SSSR count). The van der Waals surface area contributed by atoms with Crippen LogP contribution in [-0.2, 0) is 11.2 Å². The summed E-state index contributed by atoms with van der Waals surface area (Å²) in [5, 5.41) is 11.7. The molecule has 112 valence electrons. The Morgan fingerprint density at radius 1 is 1.38 bits per heavy atom. The van der Waals surface area contributed by atoms with E-state index in [1.54, 1.807) is 7.05 Å². The molecule has 0 spiro atoms. The Kier molecular flexibility index (Phi) is 3.57. The lowest BCUT2D eigenvalue weighted by atomic mass is 9.92. The summed E-state index contributed by atoms with van der Waals surface area (Å²) in [6.45, 7) is 0.236. The molecule has 3 unspecified atom stereocenters. The van der Waals surface area contributed by atoms with Gasteiger partial charge in [-0.2, -0.15) is 0 Å². The number of hydrogen-bond acceptors (Lipinski definition) is 2. The molecule has 2 aliphatic carbocycles. The van der Waals surface area contributed by atoms with Crippen molar-refractivity contribution in [3.05, 3.63) is 35.4 Å². The molecule has 2 aliphatic rings. The molecule has 1 saturated carbocycles. The summed E-state index contributed by atoms with van der Waals surface area (Å²) >= 11 is 0. The van der Waals surface area contributed by atoms with E-state index < -0.39 is 5.97 Å². The summed E-state index contributed by atoms with van der Waals surface area (Å²) in [5.74, 6) is 0.0900. The fourth-order valence-electron chi connectivity index (χ4n) is 3.38. The molecule has 2 N–H and O–H groups in total. The van der Waals surface area contributed by atoms with Crippen LogP contribution in [0.4, 0.5) is 4.79 Å². The number of amides is 2. The topological polar surface area (TPSA) is 69.6 Å². The van der Waals surface area contributed by atoms with E-state index >= 15 is 0 Å². The molecular formula is C16H20N2O3. The van der Waals surface area contributed by atoms with Gasteiger partial charge in [0, 0.05) is 25.6 Å². The molecule has 21 heavy (non-hydrogen) atoms. The Bertz CT molecular complexity index is 572. The molecule has 0 aliphatic heterocycles. The number of aliphatic carboxylic acids is 1. The summed E-state index contributed by atoms with van der Waals surface area (Å²) in [7, 11) is 1.64. The van der Waals surface area contributed by atoms with Gasteiger partial charge in [0.15, 0.2) is 0 Å². The Balaban J connectivity index is 1.59. The summed E-state index contributed by atoms with van der Waals surface area (Å²) in [5.41, 5.74) is 2.77. The fourth-order valence-corrected chi connectivity index (χ4v) is 3.38. The zero-order valence-corrected chi connectivity index (χ0v) is 12.1. The molecule has 3 atom stereocenters. The van der Waals surface area contributed by atoms with E-state index in [1.165, 1.54) is 16.0 Å². The van der Waals surface area contributed by atoms with Crippen molar-refractivity contribution in [1.29, 1.82) is 0 Å². The van der Waals surface area contributed by atoms with E-state index in [2.05, 4.69) is 29.6 Å². The minimum Gasteiger partial charge on any atom is -0.481 e. The van der Waals surface area contributed by atoms with Crippen LogP contribution in [0.1, 0.15) is 29.9 Å². The van der Waals surface area contributed by atoms with E-state index in [1.807, 2.05) is 0 Å². The molecule has 5 heteroatoms. The second kappa shape index (κ2) is 5.39. The number of nitrogens with one attached hydrogen (secondary N) is 1. The van der Waals surface area contributed by atoms with Crippen LogP contribution in [0.15, 0.2) is 24.3 Å². The predicted octanol–water partition coefficient (Wildman–Crippen LogP) is 1.83. The number of carboxylic acid groups (broad SMARTS) is 1. The minimum atomic E-state index is -0.885. The van der Waals surface area contributed by atoms with Gasteiger partial charge in [0.1, 0.15) is 0 Å². The van der Waals surface area contributed by atoms with Crippen molar-refractivity contribution in [1.82, 2.24) is 10.2 Å². The number of urea groups is 1. The van der Waals surface area contributed by atoms with Crippen molar-refractivity contribution >= 4 is 12.0 Å². The summed E-state index contributed by atoms with van der Waals surface area (Å²) in [4.78, 5) is 24.1. The van der Waals surface area contributed by atoms with Gasteiger partial charge in [-0.3, -0.25) is 4.79 Å². The summed E-state index contributed by atoms with van der Waals surface area (Å²) in [6, 6.07) is 8.47. The maximum absolute atomic E-state index is 12.1. The quantitative estimate of drug-likeness (QED) is 0.888. The van der Waals surface area contributed by atoms with Gasteiger partial charge in [-0.1, -0.05) is 24.3 Å². The van der Waals surface area contributed by atoms with Crippen molar-refractivity contribution < 1.29 is 14.7 Å². The third-order valence-corrected chi connectivity index (χ3v) is 4.63. The lowest BCUT2D eigenvalue weighted by molar-refractivity contribution is -0.137. The molecule has 0 bridgehead atoms. The van der Waals surface area contributed by atoms with Crippen molar-refractivity contribution in [2.75, 3.05) is 13.6 Å². The molecule has 0 heterocycles. The number of carbonyl (C=O) groups is 2. The molecular weight excluding hydrogens is 268 g/mol. The zero-order chi connectivity index (χ0) is 15.0. The Morgan fingerprint density at radius 3 is 2.90 bits per heavy atom. The molecule has 5 nitrogen and oxygen atoms in total. The van der Waals surface area contributed by atoms with E-state index in [-0.39, 0.29) is 25.0 Å². The van der Waals surface area contributed by atoms with Gasteiger partial charge in [-0.15, -0.1) is 0 Å². The number of nitrogens with zero attached hydrogens (tertiary/aromatic N) is 1. The molecule has 1 aromatic rings. The lowest BCUT2D eigenvalue weighted by Crippen LogP contribution is -2.40. The number of rotatable bonds is 4. The standard InChI is InChI=1S/C16H20N2O3/c1-18(9-8-13(19)20)16(21)17-15-12-7-6-10-4-2-3-5-11(10)14(12)15/h2-5,12,14-15H,6-9H2,1H3,(H,17,21)(H,19,20). The maximum atomic E-state index is 12.1. The van der Waals surface area contributed by atoms with Gasteiger partial charge < -0.3 is 15.3 Å². The predicted molar refractivity (Wildman–Crippen MR) is 78.2 cm³/mol. The number of carbonyl (C=O) groups excluding carboxylic acids is 1. The molecule has 0 saturated heterocycles. The first-order chi connectivity index (χ1) is 10.1. The normalized spacial score (nSPS) is 25.5. The van der Waals surface area contributed by atoms with E-state index in [4.69, 9.17) is 5.11 Å². The van der Waals surface area contributed by atoms with Crippen molar-refractivity contribution in [3.63, 3.8) is 0 Å². The molecule has 1 fully saturated rings. The second-order valence-corrected chi connectivity index (χ2v) is 5.97. The van der Waals surface area contributed by atoms with Gasteiger partial charge in [0.2, 0.25) is 0 Å². The van der Waals surface area contributed by atoms with Crippen LogP contribution in [0.3, 0.4) is 0 Å². The highest BCUT2D eigenvalue weighted by atomic mass is 16.4. The van der Waals surface area contributed by atoms with Crippen LogP contribution in [0.25, 0.3) is 0 Å². The SMILES string of the molecule is CN(CCC(=O)O)C(=O)NC1C2CCc3ccccc3C21. The van der Waals surface area contributed by atoms with Crippen LogP contribution in [0.2, 0.25) is 0 Å². The maximum Gasteiger partial charge on any atom is 0.317 e. The highest BCUT2D eigenvalue weighted by Crippen LogP contribution is 2.54. The molecule has 0 radical (unpaired) electrons. The van der Waals surface area contributed by atoms with Crippen LogP contribution in [-0.4, -0.2) is 41.6 Å². The number of aryl methyl sites for hydroxylation is 1. The molecule has 1 aromatic carbocycles. The Hall–Kier alpha value is -2.04. The van der Waals surface area contributed by atoms with Crippen LogP contribution in [0.5, 0.6) is 0 Å². The average molecular weight is 288 g/mol. The van der Waals surface area contributed by atoms with Gasteiger partial charge in [-0.25, -0.2) is 4.79 Å². The summed E-state index contributed by atoms with van der Waals surface area (Å²) < 4.78 is 0. The third kappa shape index (κ3) is 2.73. The van der Waals surface area contributed by atoms with Crippen LogP contribution < -0.4 is 5.32 Å². The van der Waals surface area contributed by atoms with E-state index in [9.17, 15) is 9.59 Å². The summed E-state index contributed by atoms with van der Waals surface area (Å²) in [6.07, 6.45) is 2.17. The van der Waals surface area contributed by atoms with Crippen LogP contribution >= 0.6 is 0 Å².